The molecule has 5 N–H and O–H groups in total. The normalized spacial score (nSPS) is 11.5. The maximum Gasteiger partial charge on any atom is 0.312 e. The first kappa shape index (κ1) is 17.4. The summed E-state index contributed by atoms with van der Waals surface area (Å²) >= 11 is 0. The monoisotopic (exact) mass is 309 g/mol. The van der Waals surface area contributed by atoms with E-state index in [9.17, 15) is 18.8 Å². The lowest BCUT2D eigenvalue weighted by Gasteiger charge is -2.13. The number of aliphatic carboxylic acids is 1. The number of rotatable bonds is 8. The van der Waals surface area contributed by atoms with Crippen molar-refractivity contribution in [2.45, 2.75) is 6.42 Å². The first-order valence-electron chi connectivity index (χ1n) is 6.45. The van der Waals surface area contributed by atoms with Crippen molar-refractivity contribution in [1.29, 1.82) is 5.41 Å². The van der Waals surface area contributed by atoms with Gasteiger partial charge < -0.3 is 21.6 Å². The fraction of sp³-hybridized carbons (Fsp3) is 0.286. The number of halogens is 1. The molecule has 1 aromatic rings. The molecule has 1 rings (SSSR count). The van der Waals surface area contributed by atoms with Crippen LogP contribution >= 0.6 is 0 Å². The van der Waals surface area contributed by atoms with Gasteiger partial charge in [0.15, 0.2) is 5.78 Å². The molecule has 0 bridgehead atoms. The number of carbonyl (C=O) groups excluding carboxylic acids is 2. The molecule has 8 heteroatoms. The number of hydrogen-bond donors (Lipinski definition) is 4. The summed E-state index contributed by atoms with van der Waals surface area (Å²) in [5, 5.41) is 18.8. The highest BCUT2D eigenvalue weighted by Gasteiger charge is 2.26. The Bertz CT molecular complexity index is 604. The van der Waals surface area contributed by atoms with Crippen LogP contribution in [-0.4, -0.2) is 41.6 Å². The Kier molecular flexibility index (Phi) is 6.33. The number of Topliss-reactive ketones (excluding diaryl/α,β-unsaturated/α-hetero) is 1. The van der Waals surface area contributed by atoms with Crippen molar-refractivity contribution in [2.75, 3.05) is 13.1 Å². The van der Waals surface area contributed by atoms with Crippen LogP contribution in [0.15, 0.2) is 24.3 Å². The lowest BCUT2D eigenvalue weighted by molar-refractivity contribution is -0.140. The summed E-state index contributed by atoms with van der Waals surface area (Å²) in [4.78, 5) is 34.1. The van der Waals surface area contributed by atoms with Gasteiger partial charge in [-0.3, -0.25) is 14.4 Å². The molecule has 7 nitrogen and oxygen atoms in total. The van der Waals surface area contributed by atoms with E-state index >= 15 is 0 Å². The van der Waals surface area contributed by atoms with E-state index in [-0.39, 0.29) is 18.5 Å². The van der Waals surface area contributed by atoms with E-state index in [4.69, 9.17) is 16.2 Å². The highest BCUT2D eigenvalue weighted by molar-refractivity contribution is 6.42. The highest BCUT2D eigenvalue weighted by Crippen LogP contribution is 2.08. The molecule has 22 heavy (non-hydrogen) atoms. The Morgan fingerprint density at radius 1 is 1.32 bits per heavy atom. The van der Waals surface area contributed by atoms with Crippen LogP contribution in [0.3, 0.4) is 0 Å². The van der Waals surface area contributed by atoms with E-state index in [1.165, 1.54) is 18.2 Å². The second kappa shape index (κ2) is 7.99. The highest BCUT2D eigenvalue weighted by atomic mass is 19.1. The van der Waals surface area contributed by atoms with Gasteiger partial charge in [-0.05, 0) is 18.6 Å². The number of nitrogens with one attached hydrogen (secondary N) is 2. The SMILES string of the molecule is N=C(C(=O)CN)C(CCNC(=O)c1ccccc1F)C(=O)O. The summed E-state index contributed by atoms with van der Waals surface area (Å²) in [6.07, 6.45) is -0.167. The van der Waals surface area contributed by atoms with E-state index in [0.29, 0.717) is 0 Å². The molecule has 1 amide bonds. The molecule has 0 aliphatic carbocycles. The van der Waals surface area contributed by atoms with Gasteiger partial charge in [-0.25, -0.2) is 4.39 Å². The van der Waals surface area contributed by atoms with Gasteiger partial charge in [0.1, 0.15) is 11.7 Å². The molecule has 0 fully saturated rings. The Morgan fingerprint density at radius 2 is 1.95 bits per heavy atom. The van der Waals surface area contributed by atoms with Crippen molar-refractivity contribution in [2.24, 2.45) is 11.7 Å². The number of carboxylic acid groups (broad SMARTS) is 1. The largest absolute Gasteiger partial charge is 0.481 e. The first-order chi connectivity index (χ1) is 10.4. The molecular weight excluding hydrogens is 293 g/mol. The van der Waals surface area contributed by atoms with Gasteiger partial charge in [-0.15, -0.1) is 0 Å². The second-order valence-electron chi connectivity index (χ2n) is 4.46. The third-order valence-corrected chi connectivity index (χ3v) is 2.97. The molecule has 0 heterocycles. The lowest BCUT2D eigenvalue weighted by atomic mass is 9.96. The molecule has 1 unspecified atom stereocenters. The Morgan fingerprint density at radius 3 is 2.50 bits per heavy atom. The minimum Gasteiger partial charge on any atom is -0.481 e. The zero-order chi connectivity index (χ0) is 16.7. The van der Waals surface area contributed by atoms with E-state index in [1.54, 1.807) is 0 Å². The number of hydrogen-bond acceptors (Lipinski definition) is 5. The minimum absolute atomic E-state index is 0.121. The van der Waals surface area contributed by atoms with Crippen molar-refractivity contribution in [3.8, 4) is 0 Å². The van der Waals surface area contributed by atoms with Crippen LogP contribution in [0.1, 0.15) is 16.8 Å². The van der Waals surface area contributed by atoms with Crippen LogP contribution < -0.4 is 11.1 Å². The van der Waals surface area contributed by atoms with Crippen LogP contribution in [0.5, 0.6) is 0 Å². The molecule has 118 valence electrons. The van der Waals surface area contributed by atoms with Crippen molar-refractivity contribution in [3.05, 3.63) is 35.6 Å². The topological polar surface area (TPSA) is 133 Å². The Hall–Kier alpha value is -2.61. The number of carbonyl (C=O) groups is 3. The molecule has 1 atom stereocenters. The van der Waals surface area contributed by atoms with Crippen LogP contribution in [0.4, 0.5) is 4.39 Å². The van der Waals surface area contributed by atoms with E-state index in [2.05, 4.69) is 5.32 Å². The van der Waals surface area contributed by atoms with Crippen molar-refractivity contribution < 1.29 is 23.9 Å². The molecule has 0 saturated carbocycles. The average Bonchev–Trinajstić information content (AvgIpc) is 2.50. The molecule has 0 spiro atoms. The smallest absolute Gasteiger partial charge is 0.312 e. The van der Waals surface area contributed by atoms with E-state index in [1.807, 2.05) is 0 Å². The number of nitrogens with two attached hydrogens (primary N) is 1. The predicted molar refractivity (Wildman–Crippen MR) is 76.3 cm³/mol. The number of ketones is 1. The Labute approximate surface area is 125 Å². The number of amides is 1. The third-order valence-electron chi connectivity index (χ3n) is 2.97. The fourth-order valence-corrected chi connectivity index (χ4v) is 1.77. The van der Waals surface area contributed by atoms with Crippen LogP contribution in [0, 0.1) is 17.1 Å². The lowest BCUT2D eigenvalue weighted by Crippen LogP contribution is -2.36. The Balaban J connectivity index is 2.62. The molecule has 0 aromatic heterocycles. The zero-order valence-corrected chi connectivity index (χ0v) is 11.6. The predicted octanol–water partition coefficient (Wildman–Crippen LogP) is 0.194. The van der Waals surface area contributed by atoms with Crippen LogP contribution in [0.25, 0.3) is 0 Å². The molecule has 0 radical (unpaired) electrons. The third kappa shape index (κ3) is 4.45. The molecule has 0 aliphatic rings. The quantitative estimate of drug-likeness (QED) is 0.509. The van der Waals surface area contributed by atoms with Gasteiger partial charge in [0.25, 0.3) is 5.91 Å². The van der Waals surface area contributed by atoms with Gasteiger partial charge in [0.05, 0.1) is 17.8 Å². The van der Waals surface area contributed by atoms with Crippen molar-refractivity contribution >= 4 is 23.4 Å². The maximum atomic E-state index is 13.4. The summed E-state index contributed by atoms with van der Waals surface area (Å²) in [6, 6.07) is 5.35. The molecule has 0 aliphatic heterocycles. The number of benzene rings is 1. The fourth-order valence-electron chi connectivity index (χ4n) is 1.77. The summed E-state index contributed by atoms with van der Waals surface area (Å²) in [7, 11) is 0. The minimum atomic E-state index is -1.36. The second-order valence-corrected chi connectivity index (χ2v) is 4.46. The average molecular weight is 309 g/mol. The summed E-state index contributed by atoms with van der Waals surface area (Å²) in [6.45, 7) is -0.575. The first-order valence-corrected chi connectivity index (χ1v) is 6.45. The standard InChI is InChI=1S/C14H16FN3O4/c15-10-4-2-1-3-8(10)13(20)18-6-5-9(14(21)22)12(17)11(19)7-16/h1-4,9,17H,5-7,16H2,(H,18,20)(H,21,22). The van der Waals surface area contributed by atoms with Crippen LogP contribution in [0.2, 0.25) is 0 Å². The number of carboxylic acids is 1. The van der Waals surface area contributed by atoms with E-state index < -0.39 is 41.7 Å². The van der Waals surface area contributed by atoms with Crippen molar-refractivity contribution in [1.82, 2.24) is 5.32 Å². The molecular formula is C14H16FN3O4. The van der Waals surface area contributed by atoms with Gasteiger partial charge in [0.2, 0.25) is 0 Å². The van der Waals surface area contributed by atoms with Gasteiger partial charge >= 0.3 is 5.97 Å². The maximum absolute atomic E-state index is 13.4. The summed E-state index contributed by atoms with van der Waals surface area (Å²) in [5.41, 5.74) is 4.31. The van der Waals surface area contributed by atoms with Crippen LogP contribution in [-0.2, 0) is 9.59 Å². The molecule has 0 saturated heterocycles. The summed E-state index contributed by atoms with van der Waals surface area (Å²) in [5.74, 6) is -4.88. The van der Waals surface area contributed by atoms with E-state index in [0.717, 1.165) is 6.07 Å². The summed E-state index contributed by atoms with van der Waals surface area (Å²) < 4.78 is 13.4. The van der Waals surface area contributed by atoms with Crippen molar-refractivity contribution in [3.63, 3.8) is 0 Å². The molecule has 1 aromatic carbocycles. The van der Waals surface area contributed by atoms with Gasteiger partial charge in [-0.1, -0.05) is 12.1 Å². The van der Waals surface area contributed by atoms with Gasteiger partial charge in [0, 0.05) is 6.54 Å². The zero-order valence-electron chi connectivity index (χ0n) is 11.6. The van der Waals surface area contributed by atoms with Gasteiger partial charge in [-0.2, -0.15) is 0 Å².